The van der Waals surface area contributed by atoms with Crippen LogP contribution in [0.4, 0.5) is 0 Å². The molecule has 2 heteroatoms. The van der Waals surface area contributed by atoms with Crippen LogP contribution >= 0.6 is 11.3 Å². The van der Waals surface area contributed by atoms with Crippen LogP contribution in [0.15, 0.2) is 243 Å². The molecule has 2 unspecified atom stereocenters. The van der Waals surface area contributed by atoms with E-state index in [1.165, 1.54) is 108 Å². The molecule has 300 valence electrons. The second-order valence-electron chi connectivity index (χ2n) is 17.4. The molecule has 0 fully saturated rings. The molecule has 64 heavy (non-hydrogen) atoms. The molecule has 0 saturated carbocycles. The molecule has 3 aliphatic carbocycles. The smallest absolute Gasteiger partial charge is 0.135 e. The summed E-state index contributed by atoms with van der Waals surface area (Å²) in [5.41, 5.74) is 16.3. The highest BCUT2D eigenvalue weighted by atomic mass is 32.1. The van der Waals surface area contributed by atoms with Crippen molar-refractivity contribution < 1.29 is 0 Å². The lowest BCUT2D eigenvalue weighted by atomic mass is 9.60. The van der Waals surface area contributed by atoms with E-state index in [1.54, 1.807) is 0 Å². The minimum Gasteiger partial charge on any atom is -0.135 e. The molecule has 1 heterocycles. The quantitative estimate of drug-likeness (QED) is 0.111. The van der Waals surface area contributed by atoms with E-state index in [-0.39, 0.29) is 11.8 Å². The van der Waals surface area contributed by atoms with Gasteiger partial charge in [0.25, 0.3) is 0 Å². The Hall–Kier alpha value is -7.36. The highest BCUT2D eigenvalue weighted by Crippen LogP contribution is 2.58. The van der Waals surface area contributed by atoms with Crippen LogP contribution < -0.4 is 20.7 Å². The molecule has 0 aliphatic heterocycles. The van der Waals surface area contributed by atoms with Crippen LogP contribution in [0.1, 0.15) is 45.2 Å². The highest BCUT2D eigenvalue weighted by molar-refractivity contribution is 7.26. The normalized spacial score (nSPS) is 14.9. The Morgan fingerprint density at radius 2 is 0.781 bits per heavy atom. The molecule has 0 saturated heterocycles. The van der Waals surface area contributed by atoms with Crippen LogP contribution in [-0.4, -0.2) is 8.07 Å². The molecule has 10 aromatic carbocycles. The van der Waals surface area contributed by atoms with Crippen molar-refractivity contribution in [2.45, 2.75) is 11.8 Å². The molecule has 14 rings (SSSR count). The molecule has 2 atom stereocenters. The van der Waals surface area contributed by atoms with Crippen LogP contribution in [0.2, 0.25) is 0 Å². The van der Waals surface area contributed by atoms with Gasteiger partial charge < -0.3 is 0 Å². The van der Waals surface area contributed by atoms with Gasteiger partial charge in [0.05, 0.1) is 0 Å². The maximum absolute atomic E-state index is 3.15. The molecule has 11 aromatic rings. The van der Waals surface area contributed by atoms with E-state index < -0.39 is 8.07 Å². The standard InChI is InChI=1S/C62H42SSi/c1-4-19-41(20-5-1)43-23-14-27-46(39-43)64(45-25-8-3-9-26-45,47-28-15-24-44(40-47)42-21-6-2-7-22-42)57-38-18-36-55-58-49-30-10-11-31-50(49)61(60(55)57)59-51(32-16-35-54(58)59)53-34-17-33-52-48-29-12-13-37-56(48)63-62(52)53/h1-40,58,61H. The Balaban J connectivity index is 1.15. The second-order valence-corrected chi connectivity index (χ2v) is 22.2. The van der Waals surface area contributed by atoms with Crippen molar-refractivity contribution in [2.75, 3.05) is 0 Å². The van der Waals surface area contributed by atoms with Gasteiger partial charge in [0.1, 0.15) is 0 Å². The van der Waals surface area contributed by atoms with E-state index in [0.29, 0.717) is 0 Å². The summed E-state index contributed by atoms with van der Waals surface area (Å²) in [6, 6.07) is 92.3. The zero-order valence-corrected chi connectivity index (χ0v) is 37.0. The van der Waals surface area contributed by atoms with E-state index in [9.17, 15) is 0 Å². The van der Waals surface area contributed by atoms with Crippen LogP contribution in [0.25, 0.3) is 53.6 Å². The molecule has 0 amide bonds. The maximum atomic E-state index is 2.53. The molecule has 0 nitrogen and oxygen atoms in total. The lowest BCUT2D eigenvalue weighted by Crippen LogP contribution is -2.75. The van der Waals surface area contributed by atoms with E-state index in [1.807, 2.05) is 11.3 Å². The first-order chi connectivity index (χ1) is 31.8. The second kappa shape index (κ2) is 14.9. The Morgan fingerprint density at radius 3 is 1.47 bits per heavy atom. The fourth-order valence-electron chi connectivity index (χ4n) is 11.6. The Bertz CT molecular complexity index is 3490. The average Bonchev–Trinajstić information content (AvgIpc) is 3.77. The van der Waals surface area contributed by atoms with Crippen LogP contribution in [-0.2, 0) is 0 Å². The Labute approximate surface area is 379 Å². The SMILES string of the molecule is c1ccc(-c2cccc([Si](c3ccccc3)(c3cccc(-c4ccccc4)c3)c3cccc4c3C3c5ccccc5C4c4cccc(-c5cccc6c5sc5ccccc56)c43)c2)cc1. The fraction of sp³-hybridized carbons (Fsp3) is 0.0323. The maximum Gasteiger partial charge on any atom is 0.179 e. The van der Waals surface area contributed by atoms with Gasteiger partial charge in [-0.15, -0.1) is 11.3 Å². The minimum atomic E-state index is -3.15. The van der Waals surface area contributed by atoms with Gasteiger partial charge >= 0.3 is 0 Å². The third-order valence-electron chi connectivity index (χ3n) is 14.2. The topological polar surface area (TPSA) is 0 Å². The van der Waals surface area contributed by atoms with E-state index in [0.717, 1.165) is 0 Å². The van der Waals surface area contributed by atoms with E-state index in [4.69, 9.17) is 0 Å². The van der Waals surface area contributed by atoms with Gasteiger partial charge in [-0.05, 0) is 93.6 Å². The molecule has 3 aliphatic rings. The van der Waals surface area contributed by atoms with Crippen molar-refractivity contribution in [3.05, 3.63) is 276 Å². The van der Waals surface area contributed by atoms with Crippen LogP contribution in [0.3, 0.4) is 0 Å². The number of hydrogen-bond donors (Lipinski definition) is 0. The van der Waals surface area contributed by atoms with Crippen LogP contribution in [0, 0.1) is 0 Å². The highest BCUT2D eigenvalue weighted by Gasteiger charge is 2.50. The summed E-state index contributed by atoms with van der Waals surface area (Å²) in [6.07, 6.45) is 0. The van der Waals surface area contributed by atoms with Gasteiger partial charge in [0, 0.05) is 32.0 Å². The number of rotatable bonds is 7. The molecular weight excluding hydrogens is 805 g/mol. The minimum absolute atomic E-state index is 0.0356. The summed E-state index contributed by atoms with van der Waals surface area (Å²) < 4.78 is 2.70. The van der Waals surface area contributed by atoms with Crippen molar-refractivity contribution in [3.63, 3.8) is 0 Å². The zero-order valence-electron chi connectivity index (χ0n) is 35.2. The zero-order chi connectivity index (χ0) is 42.2. The van der Waals surface area contributed by atoms with Crippen molar-refractivity contribution in [3.8, 4) is 33.4 Å². The van der Waals surface area contributed by atoms with Gasteiger partial charge in [0.15, 0.2) is 8.07 Å². The first-order valence-electron chi connectivity index (χ1n) is 22.4. The van der Waals surface area contributed by atoms with Crippen molar-refractivity contribution in [2.24, 2.45) is 0 Å². The number of benzene rings is 10. The van der Waals surface area contributed by atoms with E-state index >= 15 is 0 Å². The van der Waals surface area contributed by atoms with Crippen LogP contribution in [0.5, 0.6) is 0 Å². The third kappa shape index (κ3) is 5.53. The Kier molecular flexibility index (Phi) is 8.65. The van der Waals surface area contributed by atoms with Crippen molar-refractivity contribution in [1.29, 1.82) is 0 Å². The first kappa shape index (κ1) is 37.2. The van der Waals surface area contributed by atoms with Crippen molar-refractivity contribution in [1.82, 2.24) is 0 Å². The number of thiophene rings is 1. The number of hydrogen-bond acceptors (Lipinski definition) is 1. The average molecular weight is 847 g/mol. The predicted molar refractivity (Wildman–Crippen MR) is 274 cm³/mol. The predicted octanol–water partition coefficient (Wildman–Crippen LogP) is 13.4. The summed E-state index contributed by atoms with van der Waals surface area (Å²) in [7, 11) is -3.15. The molecule has 0 radical (unpaired) electrons. The molecule has 0 spiro atoms. The lowest BCUT2D eigenvalue weighted by molar-refractivity contribution is 0.760. The number of fused-ring (bicyclic) bond motifs is 3. The summed E-state index contributed by atoms with van der Waals surface area (Å²) in [5.74, 6) is 0.148. The fourth-order valence-corrected chi connectivity index (χ4v) is 17.9. The van der Waals surface area contributed by atoms with Gasteiger partial charge in [-0.3, -0.25) is 0 Å². The third-order valence-corrected chi connectivity index (χ3v) is 20.2. The lowest BCUT2D eigenvalue weighted by Gasteiger charge is -2.47. The van der Waals surface area contributed by atoms with Gasteiger partial charge in [-0.25, -0.2) is 0 Å². The summed E-state index contributed by atoms with van der Waals surface area (Å²) >= 11 is 1.93. The summed E-state index contributed by atoms with van der Waals surface area (Å²) in [4.78, 5) is 0. The molecule has 1 aromatic heterocycles. The Morgan fingerprint density at radius 1 is 0.312 bits per heavy atom. The summed E-state index contributed by atoms with van der Waals surface area (Å²) in [6.45, 7) is 0. The monoisotopic (exact) mass is 846 g/mol. The summed E-state index contributed by atoms with van der Waals surface area (Å²) in [5, 5.41) is 8.30. The first-order valence-corrected chi connectivity index (χ1v) is 25.2. The van der Waals surface area contributed by atoms with E-state index in [2.05, 4.69) is 243 Å². The van der Waals surface area contributed by atoms with Crippen molar-refractivity contribution >= 4 is 60.3 Å². The van der Waals surface area contributed by atoms with Gasteiger partial charge in [0.2, 0.25) is 0 Å². The molecule has 0 N–H and O–H groups in total. The van der Waals surface area contributed by atoms with Gasteiger partial charge in [-0.1, -0.05) is 237 Å². The largest absolute Gasteiger partial charge is 0.179 e. The molecular formula is C62H42SSi. The molecule has 2 bridgehead atoms. The van der Waals surface area contributed by atoms with Gasteiger partial charge in [-0.2, -0.15) is 0 Å².